The molecular weight excluding hydrogens is 528 g/mol. The van der Waals surface area contributed by atoms with Gasteiger partial charge in [0.05, 0.1) is 31.2 Å². The largest absolute Gasteiger partial charge is 0.504 e. The normalized spacial score (nSPS) is 29.3. The Hall–Kier alpha value is -3.57. The Morgan fingerprint density at radius 1 is 1.16 bits per heavy atom. The summed E-state index contributed by atoms with van der Waals surface area (Å²) in [6.07, 6.45) is 4.19. The lowest BCUT2D eigenvalue weighted by atomic mass is 9.97. The number of likely N-dealkylation sites (N-methyl/N-ethyl adjacent to an activating group) is 1. The average Bonchev–Trinajstić information content (AvgIpc) is 3.15. The van der Waals surface area contributed by atoms with Crippen LogP contribution in [0.3, 0.4) is 0 Å². The number of methoxy groups -OCH3 is 1. The van der Waals surface area contributed by atoms with Gasteiger partial charge in [-0.05, 0) is 35.4 Å². The predicted octanol–water partition coefficient (Wildman–Crippen LogP) is 3.46. The molecule has 4 saturated heterocycles. The number of hydrogen-bond donors (Lipinski definition) is 1. The van der Waals surface area contributed by atoms with E-state index in [0.717, 1.165) is 5.56 Å². The van der Waals surface area contributed by atoms with Gasteiger partial charge in [-0.3, -0.25) is 9.59 Å². The van der Waals surface area contributed by atoms with Crippen LogP contribution in [0.2, 0.25) is 0 Å². The highest BCUT2D eigenvalue weighted by molar-refractivity contribution is 8.78. The van der Waals surface area contributed by atoms with Crippen LogP contribution >= 0.6 is 21.6 Å². The van der Waals surface area contributed by atoms with Crippen molar-refractivity contribution in [2.24, 2.45) is 0 Å². The fourth-order valence-electron chi connectivity index (χ4n) is 5.45. The van der Waals surface area contributed by atoms with Gasteiger partial charge in [0.25, 0.3) is 11.8 Å². The zero-order chi connectivity index (χ0) is 26.7. The number of carbonyl (C=O) groups is 3. The average molecular weight is 553 g/mol. The van der Waals surface area contributed by atoms with Crippen molar-refractivity contribution in [1.29, 1.82) is 0 Å². The molecule has 7 rings (SSSR count). The van der Waals surface area contributed by atoms with Gasteiger partial charge in [0.1, 0.15) is 6.10 Å². The lowest BCUT2D eigenvalue weighted by Crippen LogP contribution is -2.77. The van der Waals surface area contributed by atoms with Crippen molar-refractivity contribution in [3.05, 3.63) is 83.8 Å². The summed E-state index contributed by atoms with van der Waals surface area (Å²) >= 11 is 0. The molecule has 5 aliphatic heterocycles. The number of amides is 2. The number of phenolic OH excluding ortho intramolecular Hbond substituents is 1. The molecule has 2 aromatic rings. The molecule has 1 spiro atoms. The van der Waals surface area contributed by atoms with Crippen LogP contribution in [0.25, 0.3) is 0 Å². The van der Waals surface area contributed by atoms with Crippen LogP contribution in [0.5, 0.6) is 11.5 Å². The second-order valence-electron chi connectivity index (χ2n) is 9.47. The van der Waals surface area contributed by atoms with E-state index in [1.54, 1.807) is 22.9 Å². The van der Waals surface area contributed by atoms with E-state index in [2.05, 4.69) is 0 Å². The van der Waals surface area contributed by atoms with E-state index in [0.29, 0.717) is 12.0 Å². The Morgan fingerprint density at radius 2 is 1.95 bits per heavy atom. The first-order valence-corrected chi connectivity index (χ1v) is 14.1. The molecule has 2 aromatic carbocycles. The number of hydrogen-bond acceptors (Lipinski definition) is 9. The van der Waals surface area contributed by atoms with E-state index < -0.39 is 27.9 Å². The van der Waals surface area contributed by atoms with Gasteiger partial charge in [0.2, 0.25) is 0 Å². The van der Waals surface area contributed by atoms with Crippen LogP contribution < -0.4 is 4.74 Å². The predicted molar refractivity (Wildman–Crippen MR) is 141 cm³/mol. The molecule has 38 heavy (non-hydrogen) atoms. The third kappa shape index (κ3) is 3.52. The topological polar surface area (TPSA) is 106 Å². The standard InChI is InChI=1S/C27H24N2O7S2/c1-28-24(32)27-14-18-15-35-11-10-21(36-23(31)17-8-9-20(34-2)19(30)12-17)22(18)29(27)25(33)26(28,37-38-27)13-16-6-4-3-5-7-16/h3-12,15,21-22,30H,13-14H2,1-2H3. The number of fused-ring (bicyclic) bond motifs is 3. The van der Waals surface area contributed by atoms with E-state index in [-0.39, 0.29) is 35.3 Å². The Balaban J connectivity index is 1.36. The number of nitrogens with zero attached hydrogens (tertiary/aromatic N) is 2. The van der Waals surface area contributed by atoms with Crippen molar-refractivity contribution in [1.82, 2.24) is 9.80 Å². The molecule has 2 bridgehead atoms. The number of aromatic hydroxyl groups is 1. The fourth-order valence-corrected chi connectivity index (χ4v) is 9.21. The van der Waals surface area contributed by atoms with Crippen molar-refractivity contribution >= 4 is 39.4 Å². The van der Waals surface area contributed by atoms with Gasteiger partial charge in [-0.25, -0.2) is 4.79 Å². The molecule has 5 heterocycles. The first kappa shape index (κ1) is 24.7. The van der Waals surface area contributed by atoms with E-state index >= 15 is 0 Å². The summed E-state index contributed by atoms with van der Waals surface area (Å²) in [6.45, 7) is 0. The minimum Gasteiger partial charge on any atom is -0.504 e. The molecular formula is C27H24N2O7S2. The lowest BCUT2D eigenvalue weighted by molar-refractivity contribution is -0.166. The molecule has 0 saturated carbocycles. The van der Waals surface area contributed by atoms with E-state index in [9.17, 15) is 19.5 Å². The van der Waals surface area contributed by atoms with Crippen LogP contribution in [-0.4, -0.2) is 68.7 Å². The number of piperazine rings is 1. The number of phenols is 1. The molecule has 0 radical (unpaired) electrons. The SMILES string of the molecule is COc1ccc(C(=O)OC2C=COC=C3CC45SSC(Cc6ccccc6)(C(=O)N4C32)N(C)C5=O)cc1O. The second kappa shape index (κ2) is 9.02. The molecule has 9 nitrogen and oxygen atoms in total. The smallest absolute Gasteiger partial charge is 0.338 e. The maximum absolute atomic E-state index is 14.3. The first-order valence-electron chi connectivity index (χ1n) is 11.9. The number of benzene rings is 2. The van der Waals surface area contributed by atoms with Gasteiger partial charge < -0.3 is 29.1 Å². The summed E-state index contributed by atoms with van der Waals surface area (Å²) in [5, 5.41) is 10.1. The molecule has 2 amide bonds. The zero-order valence-corrected chi connectivity index (χ0v) is 22.2. The van der Waals surface area contributed by atoms with Gasteiger partial charge in [0, 0.05) is 19.9 Å². The van der Waals surface area contributed by atoms with Gasteiger partial charge in [-0.1, -0.05) is 51.9 Å². The molecule has 4 atom stereocenters. The fraction of sp³-hybridized carbons (Fsp3) is 0.296. The summed E-state index contributed by atoms with van der Waals surface area (Å²) in [6, 6.07) is 13.1. The summed E-state index contributed by atoms with van der Waals surface area (Å²) in [7, 11) is 5.89. The molecule has 4 fully saturated rings. The summed E-state index contributed by atoms with van der Waals surface area (Å²) in [5.41, 5.74) is 1.74. The van der Waals surface area contributed by atoms with E-state index in [1.165, 1.54) is 59.4 Å². The molecule has 196 valence electrons. The highest BCUT2D eigenvalue weighted by Crippen LogP contribution is 2.65. The van der Waals surface area contributed by atoms with Crippen molar-refractivity contribution in [3.8, 4) is 11.5 Å². The van der Waals surface area contributed by atoms with Crippen LogP contribution in [0.1, 0.15) is 22.3 Å². The summed E-state index contributed by atoms with van der Waals surface area (Å²) in [5.74, 6) is -1.04. The molecule has 0 aromatic heterocycles. The van der Waals surface area contributed by atoms with Crippen molar-refractivity contribution < 1.29 is 33.7 Å². The Morgan fingerprint density at radius 3 is 2.68 bits per heavy atom. The van der Waals surface area contributed by atoms with Crippen molar-refractivity contribution in [3.63, 3.8) is 0 Å². The Labute approximate surface area is 226 Å². The minimum atomic E-state index is -1.16. The summed E-state index contributed by atoms with van der Waals surface area (Å²) < 4.78 is 16.5. The zero-order valence-electron chi connectivity index (χ0n) is 20.5. The molecule has 5 aliphatic rings. The van der Waals surface area contributed by atoms with Crippen LogP contribution in [0, 0.1) is 0 Å². The minimum absolute atomic E-state index is 0.118. The van der Waals surface area contributed by atoms with Crippen molar-refractivity contribution in [2.75, 3.05) is 14.2 Å². The third-order valence-electron chi connectivity index (χ3n) is 7.36. The third-order valence-corrected chi connectivity index (χ3v) is 11.0. The van der Waals surface area contributed by atoms with Gasteiger partial charge in [-0.2, -0.15) is 0 Å². The molecule has 4 unspecified atom stereocenters. The van der Waals surface area contributed by atoms with E-state index in [4.69, 9.17) is 14.2 Å². The highest BCUT2D eigenvalue weighted by atomic mass is 33.1. The van der Waals surface area contributed by atoms with Crippen LogP contribution in [0.4, 0.5) is 0 Å². The maximum Gasteiger partial charge on any atom is 0.338 e. The molecule has 11 heteroatoms. The Kier molecular flexibility index (Phi) is 5.88. The lowest BCUT2D eigenvalue weighted by Gasteiger charge is -2.58. The second-order valence-corrected chi connectivity index (χ2v) is 12.2. The van der Waals surface area contributed by atoms with Gasteiger partial charge in [0.15, 0.2) is 21.2 Å². The van der Waals surface area contributed by atoms with E-state index in [1.807, 2.05) is 30.3 Å². The van der Waals surface area contributed by atoms with Gasteiger partial charge in [-0.15, -0.1) is 0 Å². The monoisotopic (exact) mass is 552 g/mol. The molecule has 1 N–H and O–H groups in total. The number of carbonyl (C=O) groups excluding carboxylic acids is 3. The first-order chi connectivity index (χ1) is 18.3. The summed E-state index contributed by atoms with van der Waals surface area (Å²) in [4.78, 5) is 42.2. The number of ether oxygens (including phenoxy) is 3. The Bertz CT molecular complexity index is 1400. The number of rotatable bonds is 5. The van der Waals surface area contributed by atoms with Crippen LogP contribution in [-0.2, 0) is 25.5 Å². The maximum atomic E-state index is 14.3. The van der Waals surface area contributed by atoms with Gasteiger partial charge >= 0.3 is 5.97 Å². The quantitative estimate of drug-likeness (QED) is 0.441. The highest BCUT2D eigenvalue weighted by Gasteiger charge is 2.73. The van der Waals surface area contributed by atoms with Crippen molar-refractivity contribution in [2.45, 2.75) is 34.7 Å². The van der Waals surface area contributed by atoms with Crippen LogP contribution in [0.15, 0.2) is 72.7 Å². The number of esters is 1. The molecule has 0 aliphatic carbocycles.